The number of piperazine rings is 1. The summed E-state index contributed by atoms with van der Waals surface area (Å²) in [6.45, 7) is 7.62. The van der Waals surface area contributed by atoms with Gasteiger partial charge in [0, 0.05) is 57.2 Å². The molecule has 1 aromatic rings. The van der Waals surface area contributed by atoms with Crippen LogP contribution in [0, 0.1) is 0 Å². The smallest absolute Gasteiger partial charge is 0.225 e. The molecule has 1 saturated heterocycles. The lowest BCUT2D eigenvalue weighted by molar-refractivity contribution is 0.163. The summed E-state index contributed by atoms with van der Waals surface area (Å²) < 4.78 is 0. The molecule has 0 saturated carbocycles. The maximum Gasteiger partial charge on any atom is 0.225 e. The molecular formula is C15H27N5O. The van der Waals surface area contributed by atoms with Gasteiger partial charge in [-0.15, -0.1) is 0 Å². The molecule has 118 valence electrons. The van der Waals surface area contributed by atoms with Crippen molar-refractivity contribution in [2.24, 2.45) is 0 Å². The van der Waals surface area contributed by atoms with E-state index in [0.29, 0.717) is 0 Å². The number of rotatable bonds is 6. The van der Waals surface area contributed by atoms with Crippen LogP contribution >= 0.6 is 0 Å². The van der Waals surface area contributed by atoms with E-state index in [9.17, 15) is 5.11 Å². The third-order valence-corrected chi connectivity index (χ3v) is 3.86. The molecule has 1 atom stereocenters. The van der Waals surface area contributed by atoms with Gasteiger partial charge in [-0.05, 0) is 27.4 Å². The molecule has 1 aliphatic rings. The van der Waals surface area contributed by atoms with Crippen molar-refractivity contribution in [1.82, 2.24) is 19.8 Å². The predicted octanol–water partition coefficient (Wildman–Crippen LogP) is 0.431. The Labute approximate surface area is 127 Å². The molecule has 6 nitrogen and oxygen atoms in total. The minimum atomic E-state index is -0.247. The zero-order chi connectivity index (χ0) is 15.2. The molecule has 1 aromatic heterocycles. The molecule has 0 aromatic carbocycles. The summed E-state index contributed by atoms with van der Waals surface area (Å²) in [5.41, 5.74) is 1.11. The standard InChI is InChI=1S/C15H27N5O/c1-13(21)4-5-19(3)12-14-10-16-15(17-11-14)20-8-6-18(2)7-9-20/h10-11,13,21H,4-9,12H2,1-3H3. The van der Waals surface area contributed by atoms with E-state index in [1.54, 1.807) is 0 Å². The van der Waals surface area contributed by atoms with E-state index in [-0.39, 0.29) is 6.10 Å². The SMILES string of the molecule is CC(O)CCN(C)Cc1cnc(N2CCN(C)CC2)nc1. The highest BCUT2D eigenvalue weighted by Gasteiger charge is 2.16. The van der Waals surface area contributed by atoms with Crippen molar-refractivity contribution in [3.63, 3.8) is 0 Å². The second-order valence-electron chi connectivity index (χ2n) is 6.06. The highest BCUT2D eigenvalue weighted by molar-refractivity contribution is 5.30. The van der Waals surface area contributed by atoms with Crippen LogP contribution in [0.3, 0.4) is 0 Å². The summed E-state index contributed by atoms with van der Waals surface area (Å²) in [6.07, 6.45) is 4.37. The summed E-state index contributed by atoms with van der Waals surface area (Å²) in [4.78, 5) is 15.7. The van der Waals surface area contributed by atoms with Gasteiger partial charge in [0.15, 0.2) is 0 Å². The molecule has 2 heterocycles. The van der Waals surface area contributed by atoms with Crippen LogP contribution in [0.1, 0.15) is 18.9 Å². The van der Waals surface area contributed by atoms with E-state index in [1.807, 2.05) is 19.3 Å². The highest BCUT2D eigenvalue weighted by Crippen LogP contribution is 2.11. The van der Waals surface area contributed by atoms with Gasteiger partial charge in [-0.2, -0.15) is 0 Å². The molecule has 0 aliphatic carbocycles. The third kappa shape index (κ3) is 5.22. The summed E-state index contributed by atoms with van der Waals surface area (Å²) in [6, 6.07) is 0. The first-order chi connectivity index (χ1) is 10.0. The van der Waals surface area contributed by atoms with Crippen molar-refractivity contribution in [3.8, 4) is 0 Å². The monoisotopic (exact) mass is 293 g/mol. The Morgan fingerprint density at radius 1 is 1.24 bits per heavy atom. The maximum atomic E-state index is 9.31. The number of hydrogen-bond donors (Lipinski definition) is 1. The molecular weight excluding hydrogens is 266 g/mol. The van der Waals surface area contributed by atoms with E-state index in [0.717, 1.165) is 57.2 Å². The summed E-state index contributed by atoms with van der Waals surface area (Å²) in [5.74, 6) is 0.832. The van der Waals surface area contributed by atoms with Gasteiger partial charge in [-0.1, -0.05) is 0 Å². The molecule has 21 heavy (non-hydrogen) atoms. The maximum absolute atomic E-state index is 9.31. The lowest BCUT2D eigenvalue weighted by Gasteiger charge is -2.32. The first kappa shape index (κ1) is 16.1. The zero-order valence-electron chi connectivity index (χ0n) is 13.4. The van der Waals surface area contributed by atoms with Gasteiger partial charge < -0.3 is 19.8 Å². The van der Waals surface area contributed by atoms with Gasteiger partial charge in [0.25, 0.3) is 0 Å². The van der Waals surface area contributed by atoms with E-state index < -0.39 is 0 Å². The fraction of sp³-hybridized carbons (Fsp3) is 0.733. The lowest BCUT2D eigenvalue weighted by Crippen LogP contribution is -2.45. The average Bonchev–Trinajstić information content (AvgIpc) is 2.47. The van der Waals surface area contributed by atoms with Gasteiger partial charge in [0.05, 0.1) is 6.10 Å². The summed E-state index contributed by atoms with van der Waals surface area (Å²) >= 11 is 0. The Balaban J connectivity index is 1.84. The van der Waals surface area contributed by atoms with E-state index in [4.69, 9.17) is 0 Å². The van der Waals surface area contributed by atoms with Crippen molar-refractivity contribution in [3.05, 3.63) is 18.0 Å². The number of aromatic nitrogens is 2. The minimum absolute atomic E-state index is 0.247. The normalized spacial score (nSPS) is 18.2. The fourth-order valence-electron chi connectivity index (χ4n) is 2.40. The number of aliphatic hydroxyl groups excluding tert-OH is 1. The van der Waals surface area contributed by atoms with Crippen LogP contribution in [0.15, 0.2) is 12.4 Å². The molecule has 0 amide bonds. The molecule has 6 heteroatoms. The second kappa shape index (κ2) is 7.68. The molecule has 1 fully saturated rings. The largest absolute Gasteiger partial charge is 0.393 e. The Morgan fingerprint density at radius 2 is 1.86 bits per heavy atom. The van der Waals surface area contributed by atoms with Gasteiger partial charge in [-0.3, -0.25) is 0 Å². The number of nitrogens with zero attached hydrogens (tertiary/aromatic N) is 5. The molecule has 1 aliphatic heterocycles. The zero-order valence-corrected chi connectivity index (χ0v) is 13.4. The number of likely N-dealkylation sites (N-methyl/N-ethyl adjacent to an activating group) is 1. The second-order valence-corrected chi connectivity index (χ2v) is 6.06. The van der Waals surface area contributed by atoms with E-state index in [2.05, 4.69) is 38.8 Å². The van der Waals surface area contributed by atoms with Crippen LogP contribution in [0.25, 0.3) is 0 Å². The van der Waals surface area contributed by atoms with Gasteiger partial charge in [-0.25, -0.2) is 9.97 Å². The van der Waals surface area contributed by atoms with Crippen LogP contribution < -0.4 is 4.90 Å². The number of hydrogen-bond acceptors (Lipinski definition) is 6. The summed E-state index contributed by atoms with van der Waals surface area (Å²) in [5, 5.41) is 9.31. The fourth-order valence-corrected chi connectivity index (χ4v) is 2.40. The first-order valence-electron chi connectivity index (χ1n) is 7.65. The Morgan fingerprint density at radius 3 is 2.43 bits per heavy atom. The molecule has 1 unspecified atom stereocenters. The van der Waals surface area contributed by atoms with Crippen LogP contribution in [0.4, 0.5) is 5.95 Å². The lowest BCUT2D eigenvalue weighted by atomic mass is 10.2. The van der Waals surface area contributed by atoms with Gasteiger partial charge in [0.2, 0.25) is 5.95 Å². The predicted molar refractivity (Wildman–Crippen MR) is 84.4 cm³/mol. The van der Waals surface area contributed by atoms with Crippen molar-refractivity contribution >= 4 is 5.95 Å². The van der Waals surface area contributed by atoms with Crippen molar-refractivity contribution in [2.75, 3.05) is 51.7 Å². The Hall–Kier alpha value is -1.24. The van der Waals surface area contributed by atoms with Crippen molar-refractivity contribution in [1.29, 1.82) is 0 Å². The van der Waals surface area contributed by atoms with Crippen LogP contribution in [0.5, 0.6) is 0 Å². The quantitative estimate of drug-likeness (QED) is 0.821. The molecule has 2 rings (SSSR count). The van der Waals surface area contributed by atoms with Crippen molar-refractivity contribution in [2.45, 2.75) is 26.0 Å². The number of anilines is 1. The number of aliphatic hydroxyl groups is 1. The topological polar surface area (TPSA) is 55.7 Å². The van der Waals surface area contributed by atoms with Crippen molar-refractivity contribution < 1.29 is 5.11 Å². The molecule has 1 N–H and O–H groups in total. The molecule has 0 spiro atoms. The highest BCUT2D eigenvalue weighted by atomic mass is 16.3. The van der Waals surface area contributed by atoms with Crippen LogP contribution in [-0.2, 0) is 6.54 Å². The van der Waals surface area contributed by atoms with Gasteiger partial charge in [0.1, 0.15) is 0 Å². The minimum Gasteiger partial charge on any atom is -0.393 e. The Kier molecular flexibility index (Phi) is 5.90. The van der Waals surface area contributed by atoms with Crippen LogP contribution in [-0.4, -0.2) is 77.8 Å². The Bertz CT molecular complexity index is 415. The van der Waals surface area contributed by atoms with Crippen LogP contribution in [0.2, 0.25) is 0 Å². The van der Waals surface area contributed by atoms with E-state index in [1.165, 1.54) is 0 Å². The first-order valence-corrected chi connectivity index (χ1v) is 7.65. The van der Waals surface area contributed by atoms with E-state index >= 15 is 0 Å². The molecule has 0 bridgehead atoms. The third-order valence-electron chi connectivity index (χ3n) is 3.86. The average molecular weight is 293 g/mol. The molecule has 0 radical (unpaired) electrons. The summed E-state index contributed by atoms with van der Waals surface area (Å²) in [7, 11) is 4.20. The van der Waals surface area contributed by atoms with Gasteiger partial charge >= 0.3 is 0 Å².